The molecule has 0 bridgehead atoms. The lowest BCUT2D eigenvalue weighted by Crippen LogP contribution is -2.40. The van der Waals surface area contributed by atoms with Crippen LogP contribution in [0, 0.1) is 11.8 Å². The molecule has 2 aliphatic rings. The molecule has 3 nitrogen and oxygen atoms in total. The molecular formula is C16H31ClN2O. The van der Waals surface area contributed by atoms with Gasteiger partial charge in [0, 0.05) is 19.5 Å². The van der Waals surface area contributed by atoms with E-state index >= 15 is 0 Å². The molecule has 1 N–H and O–H groups in total. The maximum atomic E-state index is 12.3. The van der Waals surface area contributed by atoms with Crippen molar-refractivity contribution in [2.75, 3.05) is 20.1 Å². The van der Waals surface area contributed by atoms with E-state index in [0.29, 0.717) is 11.9 Å². The summed E-state index contributed by atoms with van der Waals surface area (Å²) in [5, 5.41) is 3.39. The molecule has 0 aromatic heterocycles. The standard InChI is InChI=1S/C16H30N2O.ClH/c1-13-4-3-5-15(12-13)18(2)16(19)7-6-14-8-10-17-11-9-14;/h13-15,17H,3-12H2,1-2H3;1H. The van der Waals surface area contributed by atoms with Gasteiger partial charge in [-0.1, -0.05) is 19.8 Å². The summed E-state index contributed by atoms with van der Waals surface area (Å²) in [6.45, 7) is 4.59. The Labute approximate surface area is 130 Å². The van der Waals surface area contributed by atoms with Crippen molar-refractivity contribution in [2.45, 2.75) is 64.3 Å². The molecule has 0 aromatic carbocycles. The van der Waals surface area contributed by atoms with Crippen molar-refractivity contribution in [1.82, 2.24) is 10.2 Å². The molecule has 2 unspecified atom stereocenters. The van der Waals surface area contributed by atoms with Crippen LogP contribution in [0.25, 0.3) is 0 Å². The highest BCUT2D eigenvalue weighted by Gasteiger charge is 2.25. The van der Waals surface area contributed by atoms with Gasteiger partial charge in [-0.05, 0) is 57.0 Å². The first-order valence-electron chi connectivity index (χ1n) is 8.13. The summed E-state index contributed by atoms with van der Waals surface area (Å²) >= 11 is 0. The van der Waals surface area contributed by atoms with Crippen LogP contribution in [0.1, 0.15) is 58.3 Å². The van der Waals surface area contributed by atoms with Crippen molar-refractivity contribution >= 4 is 18.3 Å². The molecule has 1 aliphatic carbocycles. The zero-order valence-corrected chi connectivity index (χ0v) is 13.9. The zero-order valence-electron chi connectivity index (χ0n) is 13.1. The Morgan fingerprint density at radius 2 is 1.90 bits per heavy atom. The molecule has 1 aliphatic heterocycles. The van der Waals surface area contributed by atoms with Crippen molar-refractivity contribution in [3.8, 4) is 0 Å². The minimum absolute atomic E-state index is 0. The van der Waals surface area contributed by atoms with Crippen LogP contribution >= 0.6 is 12.4 Å². The number of nitrogens with one attached hydrogen (secondary N) is 1. The normalized spacial score (nSPS) is 27.7. The van der Waals surface area contributed by atoms with E-state index in [1.165, 1.54) is 38.5 Å². The van der Waals surface area contributed by atoms with Crippen LogP contribution in [0.5, 0.6) is 0 Å². The molecule has 1 saturated heterocycles. The number of hydrogen-bond donors (Lipinski definition) is 1. The molecule has 1 saturated carbocycles. The molecule has 0 radical (unpaired) electrons. The molecule has 0 aromatic rings. The molecule has 0 spiro atoms. The van der Waals surface area contributed by atoms with E-state index in [1.807, 2.05) is 7.05 Å². The Morgan fingerprint density at radius 3 is 2.55 bits per heavy atom. The number of nitrogens with zero attached hydrogens (tertiary/aromatic N) is 1. The molecule has 1 amide bonds. The summed E-state index contributed by atoms with van der Waals surface area (Å²) in [6, 6.07) is 0.504. The predicted molar refractivity (Wildman–Crippen MR) is 86.3 cm³/mol. The number of halogens is 1. The Kier molecular flexibility index (Phi) is 7.90. The lowest BCUT2D eigenvalue weighted by Gasteiger charge is -2.34. The van der Waals surface area contributed by atoms with E-state index in [0.717, 1.165) is 37.8 Å². The van der Waals surface area contributed by atoms with E-state index in [9.17, 15) is 4.79 Å². The predicted octanol–water partition coefficient (Wildman–Crippen LogP) is 3.23. The molecule has 2 fully saturated rings. The molecule has 2 atom stereocenters. The molecule has 1 heterocycles. The number of piperidine rings is 1. The topological polar surface area (TPSA) is 32.3 Å². The van der Waals surface area contributed by atoms with E-state index in [4.69, 9.17) is 0 Å². The average Bonchev–Trinajstić information content (AvgIpc) is 2.45. The Bertz CT molecular complexity index is 292. The van der Waals surface area contributed by atoms with Gasteiger partial charge in [0.2, 0.25) is 5.91 Å². The number of carbonyl (C=O) groups is 1. The minimum atomic E-state index is 0. The van der Waals surface area contributed by atoms with E-state index in [2.05, 4.69) is 17.1 Å². The third-order valence-electron chi connectivity index (χ3n) is 5.08. The molecular weight excluding hydrogens is 272 g/mol. The summed E-state index contributed by atoms with van der Waals surface area (Å²) in [4.78, 5) is 14.4. The van der Waals surface area contributed by atoms with Gasteiger partial charge in [-0.3, -0.25) is 4.79 Å². The second kappa shape index (κ2) is 8.89. The fraction of sp³-hybridized carbons (Fsp3) is 0.938. The fourth-order valence-corrected chi connectivity index (χ4v) is 3.63. The van der Waals surface area contributed by atoms with Crippen LogP contribution in [-0.2, 0) is 4.79 Å². The van der Waals surface area contributed by atoms with Gasteiger partial charge in [-0.25, -0.2) is 0 Å². The minimum Gasteiger partial charge on any atom is -0.343 e. The Morgan fingerprint density at radius 1 is 1.20 bits per heavy atom. The van der Waals surface area contributed by atoms with Gasteiger partial charge < -0.3 is 10.2 Å². The zero-order chi connectivity index (χ0) is 13.7. The van der Waals surface area contributed by atoms with Gasteiger partial charge >= 0.3 is 0 Å². The molecule has 20 heavy (non-hydrogen) atoms. The fourth-order valence-electron chi connectivity index (χ4n) is 3.63. The lowest BCUT2D eigenvalue weighted by atomic mass is 9.86. The van der Waals surface area contributed by atoms with Gasteiger partial charge in [-0.15, -0.1) is 12.4 Å². The number of carbonyl (C=O) groups excluding carboxylic acids is 1. The summed E-state index contributed by atoms with van der Waals surface area (Å²) in [6.07, 6.45) is 9.38. The van der Waals surface area contributed by atoms with Crippen LogP contribution in [0.4, 0.5) is 0 Å². The monoisotopic (exact) mass is 302 g/mol. The molecule has 4 heteroatoms. The van der Waals surface area contributed by atoms with Crippen molar-refractivity contribution in [1.29, 1.82) is 0 Å². The van der Waals surface area contributed by atoms with Crippen molar-refractivity contribution in [2.24, 2.45) is 11.8 Å². The number of amides is 1. The summed E-state index contributed by atoms with van der Waals surface area (Å²) in [7, 11) is 2.02. The smallest absolute Gasteiger partial charge is 0.222 e. The number of hydrogen-bond acceptors (Lipinski definition) is 2. The van der Waals surface area contributed by atoms with Crippen LogP contribution in [0.15, 0.2) is 0 Å². The first-order valence-corrected chi connectivity index (χ1v) is 8.13. The van der Waals surface area contributed by atoms with Gasteiger partial charge in [-0.2, -0.15) is 0 Å². The molecule has 2 rings (SSSR count). The third-order valence-corrected chi connectivity index (χ3v) is 5.08. The van der Waals surface area contributed by atoms with Crippen LogP contribution in [0.3, 0.4) is 0 Å². The van der Waals surface area contributed by atoms with E-state index in [-0.39, 0.29) is 12.4 Å². The van der Waals surface area contributed by atoms with Gasteiger partial charge in [0.25, 0.3) is 0 Å². The highest BCUT2D eigenvalue weighted by Crippen LogP contribution is 2.27. The second-order valence-corrected chi connectivity index (χ2v) is 6.66. The van der Waals surface area contributed by atoms with Crippen molar-refractivity contribution in [3.05, 3.63) is 0 Å². The van der Waals surface area contributed by atoms with Gasteiger partial charge in [0.15, 0.2) is 0 Å². The van der Waals surface area contributed by atoms with E-state index < -0.39 is 0 Å². The SMILES string of the molecule is CC1CCCC(N(C)C(=O)CCC2CCNCC2)C1.Cl. The second-order valence-electron chi connectivity index (χ2n) is 6.66. The summed E-state index contributed by atoms with van der Waals surface area (Å²) in [5.41, 5.74) is 0. The van der Waals surface area contributed by atoms with Gasteiger partial charge in [0.05, 0.1) is 0 Å². The Hall–Kier alpha value is -0.280. The summed E-state index contributed by atoms with van der Waals surface area (Å²) in [5.74, 6) is 1.93. The van der Waals surface area contributed by atoms with Crippen LogP contribution in [-0.4, -0.2) is 37.0 Å². The third kappa shape index (κ3) is 5.25. The highest BCUT2D eigenvalue weighted by molar-refractivity contribution is 5.85. The van der Waals surface area contributed by atoms with Crippen LogP contribution < -0.4 is 5.32 Å². The van der Waals surface area contributed by atoms with Gasteiger partial charge in [0.1, 0.15) is 0 Å². The average molecular weight is 303 g/mol. The highest BCUT2D eigenvalue weighted by atomic mass is 35.5. The maximum absolute atomic E-state index is 12.3. The Balaban J connectivity index is 0.00000200. The molecule has 118 valence electrons. The van der Waals surface area contributed by atoms with E-state index in [1.54, 1.807) is 0 Å². The van der Waals surface area contributed by atoms with Crippen LogP contribution in [0.2, 0.25) is 0 Å². The quantitative estimate of drug-likeness (QED) is 0.865. The first kappa shape index (κ1) is 17.8. The maximum Gasteiger partial charge on any atom is 0.222 e. The lowest BCUT2D eigenvalue weighted by molar-refractivity contribution is -0.133. The summed E-state index contributed by atoms with van der Waals surface area (Å²) < 4.78 is 0. The largest absolute Gasteiger partial charge is 0.343 e. The van der Waals surface area contributed by atoms with Crippen molar-refractivity contribution in [3.63, 3.8) is 0 Å². The number of rotatable bonds is 4. The first-order chi connectivity index (χ1) is 9.16. The van der Waals surface area contributed by atoms with Crippen molar-refractivity contribution < 1.29 is 4.79 Å².